The van der Waals surface area contributed by atoms with Crippen LogP contribution in [0.15, 0.2) is 46.8 Å². The molecule has 1 aromatic carbocycles. The third-order valence-corrected chi connectivity index (χ3v) is 6.29. The molecule has 148 valence electrons. The van der Waals surface area contributed by atoms with E-state index in [-0.39, 0.29) is 23.8 Å². The van der Waals surface area contributed by atoms with Crippen molar-refractivity contribution in [3.05, 3.63) is 57.9 Å². The van der Waals surface area contributed by atoms with Gasteiger partial charge in [-0.15, -0.1) is 0 Å². The molecule has 2 aliphatic carbocycles. The summed E-state index contributed by atoms with van der Waals surface area (Å²) in [6.07, 6.45) is 7.34. The molecule has 1 saturated carbocycles. The minimum absolute atomic E-state index is 0.00773. The molecule has 0 saturated heterocycles. The van der Waals surface area contributed by atoms with Crippen molar-refractivity contribution in [3.63, 3.8) is 0 Å². The molecule has 0 unspecified atom stereocenters. The van der Waals surface area contributed by atoms with Gasteiger partial charge in [0.25, 0.3) is 0 Å². The first kappa shape index (κ1) is 19.0. The van der Waals surface area contributed by atoms with Crippen LogP contribution in [0.25, 0.3) is 0 Å². The molecule has 0 spiro atoms. The molecule has 1 N–H and O–H groups in total. The number of ketones is 1. The molecule has 1 aromatic rings. The van der Waals surface area contributed by atoms with Crippen LogP contribution in [0.4, 0.5) is 0 Å². The summed E-state index contributed by atoms with van der Waals surface area (Å²) in [5.74, 6) is -0.452. The Bertz CT molecular complexity index is 841. The molecule has 0 radical (unpaired) electrons. The number of dihydropyridines is 1. The predicted octanol–water partition coefficient (Wildman–Crippen LogP) is 4.70. The molecule has 4 rings (SSSR count). The fourth-order valence-corrected chi connectivity index (χ4v) is 4.75. The van der Waals surface area contributed by atoms with Crippen LogP contribution < -0.4 is 5.32 Å². The van der Waals surface area contributed by atoms with Crippen LogP contribution in [0.5, 0.6) is 0 Å². The molecule has 1 heterocycles. The Hall–Kier alpha value is -2.36. The second-order valence-electron chi connectivity index (χ2n) is 8.17. The second kappa shape index (κ2) is 7.94. The van der Waals surface area contributed by atoms with Gasteiger partial charge in [-0.25, -0.2) is 4.79 Å². The van der Waals surface area contributed by atoms with Gasteiger partial charge in [0.05, 0.1) is 5.57 Å². The zero-order chi connectivity index (χ0) is 19.7. The van der Waals surface area contributed by atoms with E-state index in [2.05, 4.69) is 36.5 Å². The summed E-state index contributed by atoms with van der Waals surface area (Å²) in [5.41, 5.74) is 5.41. The Morgan fingerprint density at radius 2 is 1.82 bits per heavy atom. The van der Waals surface area contributed by atoms with Crippen LogP contribution in [0.1, 0.15) is 75.8 Å². The first-order valence-electron chi connectivity index (χ1n) is 10.6. The molecule has 4 heteroatoms. The third kappa shape index (κ3) is 3.52. The quantitative estimate of drug-likeness (QED) is 0.770. The van der Waals surface area contributed by atoms with Gasteiger partial charge in [0, 0.05) is 29.3 Å². The van der Waals surface area contributed by atoms with Crippen LogP contribution in [0.2, 0.25) is 0 Å². The zero-order valence-corrected chi connectivity index (χ0v) is 16.8. The van der Waals surface area contributed by atoms with Crippen LogP contribution in [0, 0.1) is 0 Å². The maximum Gasteiger partial charge on any atom is 0.337 e. The number of aryl methyl sites for hydroxylation is 1. The number of Topliss-reactive ketones (excluding diaryl/α,β-unsaturated/α-hetero) is 1. The molecule has 1 fully saturated rings. The van der Waals surface area contributed by atoms with Crippen molar-refractivity contribution in [1.29, 1.82) is 0 Å². The maximum absolute atomic E-state index is 13.2. The number of nitrogens with one attached hydrogen (secondary N) is 1. The summed E-state index contributed by atoms with van der Waals surface area (Å²) in [6.45, 7) is 4.06. The highest BCUT2D eigenvalue weighted by Crippen LogP contribution is 2.43. The Balaban J connectivity index is 1.75. The first-order valence-corrected chi connectivity index (χ1v) is 10.6. The number of rotatable bonds is 4. The van der Waals surface area contributed by atoms with Gasteiger partial charge in [-0.3, -0.25) is 4.79 Å². The summed E-state index contributed by atoms with van der Waals surface area (Å²) in [5, 5.41) is 3.36. The second-order valence-corrected chi connectivity index (χ2v) is 8.17. The van der Waals surface area contributed by atoms with Gasteiger partial charge >= 0.3 is 5.97 Å². The maximum atomic E-state index is 13.2. The number of hydrogen-bond acceptors (Lipinski definition) is 4. The number of esters is 1. The summed E-state index contributed by atoms with van der Waals surface area (Å²) < 4.78 is 5.86. The van der Waals surface area contributed by atoms with Crippen LogP contribution in [0.3, 0.4) is 0 Å². The molecule has 1 aliphatic heterocycles. The minimum atomic E-state index is -0.330. The fourth-order valence-electron chi connectivity index (χ4n) is 4.75. The topological polar surface area (TPSA) is 55.4 Å². The lowest BCUT2D eigenvalue weighted by molar-refractivity contribution is -0.144. The largest absolute Gasteiger partial charge is 0.459 e. The van der Waals surface area contributed by atoms with Crippen LogP contribution >= 0.6 is 0 Å². The summed E-state index contributed by atoms with van der Waals surface area (Å²) in [6, 6.07) is 8.33. The molecular weight excluding hydrogens is 350 g/mol. The highest BCUT2D eigenvalue weighted by Gasteiger charge is 2.39. The lowest BCUT2D eigenvalue weighted by Gasteiger charge is -2.34. The lowest BCUT2D eigenvalue weighted by Crippen LogP contribution is -2.35. The Morgan fingerprint density at radius 3 is 2.50 bits per heavy atom. The van der Waals surface area contributed by atoms with Gasteiger partial charge in [0.1, 0.15) is 6.10 Å². The third-order valence-electron chi connectivity index (χ3n) is 6.29. The fraction of sp³-hybridized carbons (Fsp3) is 0.500. The SMILES string of the molecule is CCc1ccc([C@@H]2C(C(=O)OC3CCCC3)=C(C)NC3=C2C(=O)CCC3)cc1. The van der Waals surface area contributed by atoms with Crippen molar-refractivity contribution in [1.82, 2.24) is 5.32 Å². The number of carbonyl (C=O) groups excluding carboxylic acids is 2. The molecule has 28 heavy (non-hydrogen) atoms. The van der Waals surface area contributed by atoms with E-state index in [1.54, 1.807) is 0 Å². The van der Waals surface area contributed by atoms with Gasteiger partial charge in [-0.05, 0) is 63.0 Å². The average molecular weight is 380 g/mol. The summed E-state index contributed by atoms with van der Waals surface area (Å²) >= 11 is 0. The molecule has 3 aliphatic rings. The number of carbonyl (C=O) groups is 2. The standard InChI is InChI=1S/C24H29NO3/c1-3-16-11-13-17(14-12-16)22-21(24(27)28-18-7-4-5-8-18)15(2)25-19-9-6-10-20(26)23(19)22/h11-14,18,22,25H,3-10H2,1-2H3/t22-/m1/s1. The normalized spacial score (nSPS) is 22.9. The van der Waals surface area contributed by atoms with E-state index in [1.165, 1.54) is 5.56 Å². The van der Waals surface area contributed by atoms with Crippen LogP contribution in [-0.4, -0.2) is 17.9 Å². The van der Waals surface area contributed by atoms with Gasteiger partial charge in [0.15, 0.2) is 5.78 Å². The highest BCUT2D eigenvalue weighted by atomic mass is 16.5. The Morgan fingerprint density at radius 1 is 1.11 bits per heavy atom. The number of allylic oxidation sites excluding steroid dienone is 3. The van der Waals surface area contributed by atoms with Crippen molar-refractivity contribution in [2.24, 2.45) is 0 Å². The van der Waals surface area contributed by atoms with Gasteiger partial charge < -0.3 is 10.1 Å². The molecule has 0 bridgehead atoms. The van der Waals surface area contributed by atoms with Crippen molar-refractivity contribution < 1.29 is 14.3 Å². The predicted molar refractivity (Wildman–Crippen MR) is 109 cm³/mol. The van der Waals surface area contributed by atoms with Gasteiger partial charge in [-0.2, -0.15) is 0 Å². The monoisotopic (exact) mass is 379 g/mol. The minimum Gasteiger partial charge on any atom is -0.459 e. The smallest absolute Gasteiger partial charge is 0.337 e. The molecule has 4 nitrogen and oxygen atoms in total. The first-order chi connectivity index (χ1) is 13.6. The van der Waals surface area contributed by atoms with E-state index in [9.17, 15) is 9.59 Å². The Kier molecular flexibility index (Phi) is 5.38. The molecule has 0 aromatic heterocycles. The van der Waals surface area contributed by atoms with Gasteiger partial charge in [-0.1, -0.05) is 31.2 Å². The number of hydrogen-bond donors (Lipinski definition) is 1. The van der Waals surface area contributed by atoms with Crippen molar-refractivity contribution >= 4 is 11.8 Å². The van der Waals surface area contributed by atoms with E-state index in [4.69, 9.17) is 4.74 Å². The van der Waals surface area contributed by atoms with Crippen molar-refractivity contribution in [2.75, 3.05) is 0 Å². The van der Waals surface area contributed by atoms with E-state index < -0.39 is 0 Å². The van der Waals surface area contributed by atoms with E-state index in [0.717, 1.165) is 67.5 Å². The van der Waals surface area contributed by atoms with E-state index >= 15 is 0 Å². The number of ether oxygens (including phenoxy) is 1. The highest BCUT2D eigenvalue weighted by molar-refractivity contribution is 6.03. The van der Waals surface area contributed by atoms with E-state index in [0.29, 0.717) is 12.0 Å². The molecule has 0 amide bonds. The zero-order valence-electron chi connectivity index (χ0n) is 16.8. The summed E-state index contributed by atoms with van der Waals surface area (Å²) in [7, 11) is 0. The summed E-state index contributed by atoms with van der Waals surface area (Å²) in [4.78, 5) is 26.1. The molecular formula is C24H29NO3. The van der Waals surface area contributed by atoms with Crippen molar-refractivity contribution in [2.45, 2.75) is 77.2 Å². The lowest BCUT2D eigenvalue weighted by atomic mass is 9.75. The van der Waals surface area contributed by atoms with E-state index in [1.807, 2.05) is 6.92 Å². The Labute approximate surface area is 167 Å². The van der Waals surface area contributed by atoms with Crippen LogP contribution in [-0.2, 0) is 20.7 Å². The van der Waals surface area contributed by atoms with Gasteiger partial charge in [0.2, 0.25) is 0 Å². The average Bonchev–Trinajstić information content (AvgIpc) is 3.20. The molecule has 1 atom stereocenters. The number of benzene rings is 1. The van der Waals surface area contributed by atoms with Crippen molar-refractivity contribution in [3.8, 4) is 0 Å².